The van der Waals surface area contributed by atoms with Crippen molar-refractivity contribution in [1.82, 2.24) is 0 Å². The first-order valence-corrected chi connectivity index (χ1v) is 17.7. The van der Waals surface area contributed by atoms with Crippen molar-refractivity contribution in [2.45, 2.75) is 89.8 Å². The topological polar surface area (TPSA) is 123 Å². The number of carboxylic acids is 1. The number of carbonyl (C=O) groups excluding carboxylic acids is 2. The lowest BCUT2D eigenvalue weighted by Gasteiger charge is -2.17. The highest BCUT2D eigenvalue weighted by atomic mass is 16.6. The number of ether oxygens (including phenoxy) is 3. The van der Waals surface area contributed by atoms with E-state index in [0.29, 0.717) is 25.4 Å². The molecular formula is C42H50O8. The average molecular weight is 683 g/mol. The van der Waals surface area contributed by atoms with Crippen LogP contribution in [-0.4, -0.2) is 40.3 Å². The van der Waals surface area contributed by atoms with Gasteiger partial charge in [-0.25, -0.2) is 0 Å². The van der Waals surface area contributed by atoms with E-state index >= 15 is 0 Å². The summed E-state index contributed by atoms with van der Waals surface area (Å²) in [6, 6.07) is 29.1. The van der Waals surface area contributed by atoms with Crippen molar-refractivity contribution in [3.63, 3.8) is 0 Å². The van der Waals surface area contributed by atoms with E-state index in [1.807, 2.05) is 103 Å². The Balaban J connectivity index is 0.000000157. The molecule has 50 heavy (non-hydrogen) atoms. The van der Waals surface area contributed by atoms with Gasteiger partial charge in [-0.15, -0.1) is 0 Å². The zero-order valence-corrected chi connectivity index (χ0v) is 28.7. The summed E-state index contributed by atoms with van der Waals surface area (Å²) in [6.45, 7) is 0.909. The van der Waals surface area contributed by atoms with Crippen molar-refractivity contribution >= 4 is 17.9 Å². The zero-order chi connectivity index (χ0) is 35.4. The molecule has 2 fully saturated rings. The molecule has 7 rings (SSSR count). The molecule has 0 bridgehead atoms. The molecule has 0 amide bonds. The minimum atomic E-state index is -0.653. The minimum absolute atomic E-state index is 0.0439. The highest BCUT2D eigenvalue weighted by molar-refractivity contribution is 5.73. The Kier molecular flexibility index (Phi) is 16.5. The molecule has 1 saturated carbocycles. The number of aliphatic carboxylic acids is 1. The van der Waals surface area contributed by atoms with Gasteiger partial charge in [0, 0.05) is 0 Å². The number of carboxylic acid groups (broad SMARTS) is 1. The van der Waals surface area contributed by atoms with E-state index in [9.17, 15) is 14.4 Å². The summed E-state index contributed by atoms with van der Waals surface area (Å²) in [5.74, 6) is -0.790. The van der Waals surface area contributed by atoms with Crippen LogP contribution in [0.2, 0.25) is 0 Å². The zero-order valence-electron chi connectivity index (χ0n) is 28.7. The monoisotopic (exact) mass is 682 g/mol. The molecule has 0 aromatic heterocycles. The molecule has 5 atom stereocenters. The summed E-state index contributed by atoms with van der Waals surface area (Å²) in [4.78, 5) is 33.9. The average Bonchev–Trinajstić information content (AvgIpc) is 3.98. The number of aliphatic hydroxyl groups excluding tert-OH is 1. The van der Waals surface area contributed by atoms with Crippen molar-refractivity contribution < 1.29 is 38.8 Å². The molecule has 5 unspecified atom stereocenters. The van der Waals surface area contributed by atoms with Gasteiger partial charge in [-0.1, -0.05) is 115 Å². The van der Waals surface area contributed by atoms with Gasteiger partial charge in [0.2, 0.25) is 0 Å². The minimum Gasteiger partial charge on any atom is -0.481 e. The molecule has 0 spiro atoms. The fourth-order valence-corrected chi connectivity index (χ4v) is 5.92. The summed E-state index contributed by atoms with van der Waals surface area (Å²) < 4.78 is 16.0. The number of esters is 2. The second-order valence-electron chi connectivity index (χ2n) is 12.9. The third-order valence-corrected chi connectivity index (χ3v) is 9.03. The van der Waals surface area contributed by atoms with E-state index in [-0.39, 0.29) is 36.3 Å². The van der Waals surface area contributed by atoms with Gasteiger partial charge < -0.3 is 24.4 Å². The normalized spacial score (nSPS) is 22.7. The molecule has 266 valence electrons. The molecule has 2 N–H and O–H groups in total. The van der Waals surface area contributed by atoms with Gasteiger partial charge in [0.15, 0.2) is 0 Å². The number of carbonyl (C=O) groups is 3. The van der Waals surface area contributed by atoms with Crippen molar-refractivity contribution in [2.75, 3.05) is 0 Å². The van der Waals surface area contributed by atoms with Gasteiger partial charge in [-0.3, -0.25) is 14.4 Å². The van der Waals surface area contributed by atoms with Crippen LogP contribution in [0.25, 0.3) is 0 Å². The molecule has 1 saturated heterocycles. The first-order chi connectivity index (χ1) is 24.4. The summed E-state index contributed by atoms with van der Waals surface area (Å²) >= 11 is 0. The van der Waals surface area contributed by atoms with E-state index in [1.54, 1.807) is 0 Å². The summed E-state index contributed by atoms with van der Waals surface area (Å²) in [6.07, 6.45) is 16.9. The number of allylic oxidation sites excluding steroid dienone is 4. The van der Waals surface area contributed by atoms with E-state index in [0.717, 1.165) is 74.5 Å². The first-order valence-electron chi connectivity index (χ1n) is 17.7. The lowest BCUT2D eigenvalue weighted by atomic mass is 9.89. The third kappa shape index (κ3) is 14.1. The van der Waals surface area contributed by atoms with Crippen LogP contribution >= 0.6 is 0 Å². The van der Waals surface area contributed by atoms with Crippen molar-refractivity contribution in [1.29, 1.82) is 0 Å². The van der Waals surface area contributed by atoms with E-state index in [2.05, 4.69) is 12.2 Å². The van der Waals surface area contributed by atoms with Crippen molar-refractivity contribution in [2.24, 2.45) is 17.8 Å². The van der Waals surface area contributed by atoms with Crippen LogP contribution in [0.3, 0.4) is 0 Å². The molecule has 1 heterocycles. The standard InChI is InChI=1S/C14H16O3.C14H16O2.C7H10O2.C7H8O/c15-14(11-6-7-12-13(8-11)17-12)16-9-10-4-2-1-3-5-10;15-14(13-9-5-2-6-10-13)16-11-12-7-3-1-4-8-12;8-7(9)6-4-2-1-3-5-6;8-6-7-4-2-1-3-5-7/h1-5,11-13H,6-9H2;1-5,7-8,13H,6,9-11H2;1-2,6H,3-5H2,(H,8,9);1-5,8H,6H2. The van der Waals surface area contributed by atoms with E-state index in [1.165, 1.54) is 0 Å². The Morgan fingerprint density at radius 2 is 1.06 bits per heavy atom. The molecule has 3 aromatic rings. The summed E-state index contributed by atoms with van der Waals surface area (Å²) in [7, 11) is 0. The number of epoxide rings is 1. The fourth-order valence-electron chi connectivity index (χ4n) is 5.92. The molecule has 4 aliphatic rings. The van der Waals surface area contributed by atoms with Crippen LogP contribution in [0.15, 0.2) is 115 Å². The SMILES string of the molecule is O=C(O)C1CC=CCC1.O=C(OCc1ccccc1)C1CC=CCC1.O=C(OCc1ccccc1)C1CCC2OC2C1.OCc1ccccc1. The van der Waals surface area contributed by atoms with Crippen LogP contribution in [0, 0.1) is 17.8 Å². The number of benzene rings is 3. The fraction of sp³-hybridized carbons (Fsp3) is 0.405. The molecule has 8 nitrogen and oxygen atoms in total. The van der Waals surface area contributed by atoms with Gasteiger partial charge in [-0.05, 0) is 74.5 Å². The van der Waals surface area contributed by atoms with Crippen LogP contribution < -0.4 is 0 Å². The van der Waals surface area contributed by atoms with Crippen LogP contribution in [0.4, 0.5) is 0 Å². The molecule has 1 aliphatic heterocycles. The van der Waals surface area contributed by atoms with Crippen LogP contribution in [0.5, 0.6) is 0 Å². The van der Waals surface area contributed by atoms with Gasteiger partial charge in [0.25, 0.3) is 0 Å². The maximum Gasteiger partial charge on any atom is 0.309 e. The maximum atomic E-state index is 11.9. The Hall–Kier alpha value is -4.53. The van der Waals surface area contributed by atoms with Crippen molar-refractivity contribution in [3.05, 3.63) is 132 Å². The second kappa shape index (κ2) is 21.5. The predicted molar refractivity (Wildman–Crippen MR) is 191 cm³/mol. The second-order valence-corrected chi connectivity index (χ2v) is 12.9. The lowest BCUT2D eigenvalue weighted by Crippen LogP contribution is -2.23. The maximum absolute atomic E-state index is 11.9. The number of hydrogen-bond acceptors (Lipinski definition) is 7. The van der Waals surface area contributed by atoms with Gasteiger partial charge in [-0.2, -0.15) is 0 Å². The van der Waals surface area contributed by atoms with E-state index < -0.39 is 5.97 Å². The Morgan fingerprint density at radius 1 is 0.580 bits per heavy atom. The molecule has 0 radical (unpaired) electrons. The largest absolute Gasteiger partial charge is 0.481 e. The highest BCUT2D eigenvalue weighted by Gasteiger charge is 2.46. The number of rotatable bonds is 8. The number of fused-ring (bicyclic) bond motifs is 1. The quantitative estimate of drug-likeness (QED) is 0.139. The summed E-state index contributed by atoms with van der Waals surface area (Å²) in [5.41, 5.74) is 3.05. The smallest absolute Gasteiger partial charge is 0.309 e. The van der Waals surface area contributed by atoms with Gasteiger partial charge in [0.1, 0.15) is 13.2 Å². The Labute approximate surface area is 295 Å². The van der Waals surface area contributed by atoms with Crippen LogP contribution in [0.1, 0.15) is 74.5 Å². The Morgan fingerprint density at radius 3 is 1.46 bits per heavy atom. The molecular weight excluding hydrogens is 632 g/mol. The van der Waals surface area contributed by atoms with E-state index in [4.69, 9.17) is 24.4 Å². The third-order valence-electron chi connectivity index (χ3n) is 9.03. The van der Waals surface area contributed by atoms with Gasteiger partial charge in [0.05, 0.1) is 36.6 Å². The highest BCUT2D eigenvalue weighted by Crippen LogP contribution is 2.39. The first kappa shape index (κ1) is 38.3. The molecule has 3 aromatic carbocycles. The lowest BCUT2D eigenvalue weighted by molar-refractivity contribution is -0.151. The van der Waals surface area contributed by atoms with Crippen LogP contribution in [-0.2, 0) is 48.4 Å². The Bertz CT molecular complexity index is 1490. The molecule has 3 aliphatic carbocycles. The summed E-state index contributed by atoms with van der Waals surface area (Å²) in [5, 5.41) is 17.0. The molecule has 8 heteroatoms. The van der Waals surface area contributed by atoms with Gasteiger partial charge >= 0.3 is 17.9 Å². The number of hydrogen-bond donors (Lipinski definition) is 2. The number of aliphatic hydroxyl groups is 1. The predicted octanol–water partition coefficient (Wildman–Crippen LogP) is 7.99. The van der Waals surface area contributed by atoms with Crippen molar-refractivity contribution in [3.8, 4) is 0 Å².